The fraction of sp³-hybridized carbons (Fsp3) is 0. The van der Waals surface area contributed by atoms with Crippen molar-refractivity contribution < 1.29 is 0 Å². The first kappa shape index (κ1) is 37.0. The summed E-state index contributed by atoms with van der Waals surface area (Å²) in [7, 11) is 0. The van der Waals surface area contributed by atoms with E-state index in [1.807, 2.05) is 72.8 Å². The van der Waals surface area contributed by atoms with Crippen LogP contribution in [0.5, 0.6) is 0 Å². The van der Waals surface area contributed by atoms with Crippen molar-refractivity contribution in [3.8, 4) is 107 Å². The lowest BCUT2D eigenvalue weighted by Gasteiger charge is -2.17. The monoisotopic (exact) mass is 812 g/mol. The second-order valence-corrected chi connectivity index (χ2v) is 16.2. The van der Waals surface area contributed by atoms with Gasteiger partial charge in [-0.25, -0.2) is 15.0 Å². The minimum absolute atomic E-state index is 0.620. The highest BCUT2D eigenvalue weighted by Crippen LogP contribution is 2.57. The van der Waals surface area contributed by atoms with E-state index in [1.165, 1.54) is 32.7 Å². The molecule has 0 atom stereocenters. The molecule has 0 spiro atoms. The van der Waals surface area contributed by atoms with Crippen molar-refractivity contribution in [2.45, 2.75) is 0 Å². The quantitative estimate of drug-likeness (QED) is 0.161. The third-order valence-electron chi connectivity index (χ3n) is 12.5. The van der Waals surface area contributed by atoms with Gasteiger partial charge >= 0.3 is 0 Å². The molecule has 64 heavy (non-hydrogen) atoms. The molecule has 0 amide bonds. The van der Waals surface area contributed by atoms with Gasteiger partial charge < -0.3 is 0 Å². The molecule has 0 fully saturated rings. The fourth-order valence-electron chi connectivity index (χ4n) is 9.57. The summed E-state index contributed by atoms with van der Waals surface area (Å²) in [5.74, 6) is 1.89. The zero-order valence-corrected chi connectivity index (χ0v) is 34.6. The molecule has 0 aliphatic heterocycles. The molecule has 4 nitrogen and oxygen atoms in total. The molecular weight excluding hydrogens is 777 g/mol. The zero-order valence-electron chi connectivity index (χ0n) is 34.6. The van der Waals surface area contributed by atoms with E-state index in [1.54, 1.807) is 0 Å². The molecule has 1 aliphatic rings. The van der Waals surface area contributed by atoms with E-state index >= 15 is 0 Å². The largest absolute Gasteiger partial charge is 0.208 e. The van der Waals surface area contributed by atoms with Gasteiger partial charge in [-0.2, -0.15) is 5.26 Å². The summed E-state index contributed by atoms with van der Waals surface area (Å²) in [5, 5.41) is 15.5. The van der Waals surface area contributed by atoms with E-state index in [0.29, 0.717) is 23.0 Å². The van der Waals surface area contributed by atoms with Crippen molar-refractivity contribution in [3.05, 3.63) is 224 Å². The molecule has 0 bridgehead atoms. The molecular formula is C60H36N4. The minimum atomic E-state index is 0.620. The van der Waals surface area contributed by atoms with Crippen LogP contribution in [-0.4, -0.2) is 15.0 Å². The normalized spacial score (nSPS) is 11.4. The molecule has 0 saturated carbocycles. The average molecular weight is 813 g/mol. The Labute approximate surface area is 371 Å². The lowest BCUT2D eigenvalue weighted by molar-refractivity contribution is 1.07. The zero-order chi connectivity index (χ0) is 42.6. The van der Waals surface area contributed by atoms with Crippen LogP contribution in [0.3, 0.4) is 0 Å². The van der Waals surface area contributed by atoms with Gasteiger partial charge in [-0.15, -0.1) is 0 Å². The third kappa shape index (κ3) is 6.18. The van der Waals surface area contributed by atoms with Crippen LogP contribution >= 0.6 is 0 Å². The smallest absolute Gasteiger partial charge is 0.164 e. The van der Waals surface area contributed by atoms with Crippen LogP contribution in [0.4, 0.5) is 0 Å². The Morgan fingerprint density at radius 3 is 1.33 bits per heavy atom. The molecule has 1 aromatic heterocycles. The highest BCUT2D eigenvalue weighted by Gasteiger charge is 2.31. The Morgan fingerprint density at radius 1 is 0.297 bits per heavy atom. The second-order valence-electron chi connectivity index (χ2n) is 16.2. The molecule has 296 valence electrons. The van der Waals surface area contributed by atoms with E-state index in [-0.39, 0.29) is 0 Å². The molecule has 0 unspecified atom stereocenters. The first-order valence-electron chi connectivity index (χ1n) is 21.5. The highest BCUT2D eigenvalue weighted by molar-refractivity contribution is 6.24. The Kier molecular flexibility index (Phi) is 8.84. The van der Waals surface area contributed by atoms with Gasteiger partial charge in [0.25, 0.3) is 0 Å². The van der Waals surface area contributed by atoms with Crippen LogP contribution in [0.15, 0.2) is 218 Å². The first-order chi connectivity index (χ1) is 31.7. The van der Waals surface area contributed by atoms with Gasteiger partial charge in [0.05, 0.1) is 11.6 Å². The molecule has 12 rings (SSSR count). The average Bonchev–Trinajstić information content (AvgIpc) is 3.71. The molecule has 1 aliphatic carbocycles. The molecule has 0 N–H and O–H groups in total. The fourth-order valence-corrected chi connectivity index (χ4v) is 9.57. The standard InChI is InChI=1S/C60H36N4/c61-37-46-36-52(38-16-5-1-6-17-38)56-50-33-32-47(48-26-15-27-49(55(48)50)57(56)54(46)40-18-7-2-8-19-40)53-35-45-25-14-13-24-44(45)34-51(53)39-28-30-43(31-29-39)60-63-58(41-20-9-3-10-21-41)62-59(64-60)42-22-11-4-12-23-42/h1-36H. The molecule has 0 radical (unpaired) electrons. The Morgan fingerprint density at radius 2 is 0.750 bits per heavy atom. The van der Waals surface area contributed by atoms with Gasteiger partial charge in [0, 0.05) is 22.3 Å². The number of hydrogen-bond acceptors (Lipinski definition) is 4. The highest BCUT2D eigenvalue weighted by atomic mass is 15.0. The van der Waals surface area contributed by atoms with E-state index in [4.69, 9.17) is 15.0 Å². The summed E-state index contributed by atoms with van der Waals surface area (Å²) in [6.07, 6.45) is 0. The maximum absolute atomic E-state index is 10.8. The second kappa shape index (κ2) is 15.3. The topological polar surface area (TPSA) is 62.5 Å². The molecule has 11 aromatic rings. The maximum Gasteiger partial charge on any atom is 0.164 e. The van der Waals surface area contributed by atoms with Crippen LogP contribution < -0.4 is 0 Å². The van der Waals surface area contributed by atoms with Crippen molar-refractivity contribution in [3.63, 3.8) is 0 Å². The van der Waals surface area contributed by atoms with Crippen molar-refractivity contribution in [2.24, 2.45) is 0 Å². The van der Waals surface area contributed by atoms with Crippen molar-refractivity contribution >= 4 is 21.5 Å². The minimum Gasteiger partial charge on any atom is -0.208 e. The molecule has 4 heteroatoms. The Balaban J connectivity index is 1.04. The number of fused-ring (bicyclic) bond motifs is 4. The summed E-state index contributed by atoms with van der Waals surface area (Å²) in [5.41, 5.74) is 16.7. The summed E-state index contributed by atoms with van der Waals surface area (Å²) < 4.78 is 0. The number of aromatic nitrogens is 3. The number of nitrogens with zero attached hydrogens (tertiary/aromatic N) is 4. The predicted octanol–water partition coefficient (Wildman–Crippen LogP) is 15.4. The number of hydrogen-bond donors (Lipinski definition) is 0. The van der Waals surface area contributed by atoms with Crippen molar-refractivity contribution in [1.29, 1.82) is 5.26 Å². The van der Waals surface area contributed by atoms with Gasteiger partial charge in [-0.1, -0.05) is 200 Å². The van der Waals surface area contributed by atoms with Crippen LogP contribution in [0, 0.1) is 11.3 Å². The van der Waals surface area contributed by atoms with Crippen molar-refractivity contribution in [1.82, 2.24) is 15.0 Å². The number of benzene rings is 10. The molecule has 0 saturated heterocycles. The predicted molar refractivity (Wildman–Crippen MR) is 262 cm³/mol. The van der Waals surface area contributed by atoms with Crippen molar-refractivity contribution in [2.75, 3.05) is 0 Å². The Hall–Kier alpha value is -8.78. The number of nitriles is 1. The Bertz CT molecular complexity index is 3580. The summed E-state index contributed by atoms with van der Waals surface area (Å²) in [6, 6.07) is 78.8. The third-order valence-corrected chi connectivity index (χ3v) is 12.5. The van der Waals surface area contributed by atoms with E-state index < -0.39 is 0 Å². The van der Waals surface area contributed by atoms with Gasteiger partial charge in [0.15, 0.2) is 17.5 Å². The maximum atomic E-state index is 10.8. The molecule has 1 heterocycles. The molecule has 10 aromatic carbocycles. The lowest BCUT2D eigenvalue weighted by Crippen LogP contribution is -2.00. The van der Waals surface area contributed by atoms with E-state index in [9.17, 15) is 5.26 Å². The summed E-state index contributed by atoms with van der Waals surface area (Å²) >= 11 is 0. The van der Waals surface area contributed by atoms with Gasteiger partial charge in [0.2, 0.25) is 0 Å². The van der Waals surface area contributed by atoms with E-state index in [2.05, 4.69) is 152 Å². The number of rotatable bonds is 7. The van der Waals surface area contributed by atoms with Crippen LogP contribution in [0.2, 0.25) is 0 Å². The van der Waals surface area contributed by atoms with E-state index in [0.717, 1.165) is 72.3 Å². The SMILES string of the molecule is N#Cc1cc(-c2ccccc2)c2c(c1-c1ccccc1)-c1cccc3c(-c4cc5ccccc5cc4-c4ccc(-c5nc(-c6ccccc6)nc(-c6ccccc6)n5)cc4)ccc-2c13. The van der Waals surface area contributed by atoms with Crippen LogP contribution in [-0.2, 0) is 0 Å². The van der Waals surface area contributed by atoms with Gasteiger partial charge in [0.1, 0.15) is 0 Å². The van der Waals surface area contributed by atoms with Gasteiger partial charge in [-0.3, -0.25) is 0 Å². The summed E-state index contributed by atoms with van der Waals surface area (Å²) in [4.78, 5) is 14.9. The van der Waals surface area contributed by atoms with Gasteiger partial charge in [-0.05, 0) is 101 Å². The van der Waals surface area contributed by atoms with Crippen LogP contribution in [0.1, 0.15) is 5.56 Å². The first-order valence-corrected chi connectivity index (χ1v) is 21.5. The lowest BCUT2D eigenvalue weighted by atomic mass is 9.84. The van der Waals surface area contributed by atoms with Crippen LogP contribution in [0.25, 0.3) is 122 Å². The summed E-state index contributed by atoms with van der Waals surface area (Å²) in [6.45, 7) is 0.